The van der Waals surface area contributed by atoms with Gasteiger partial charge in [-0.15, -0.1) is 0 Å². The molecule has 2 aromatic rings. The lowest BCUT2D eigenvalue weighted by molar-refractivity contribution is -0.115. The highest BCUT2D eigenvalue weighted by molar-refractivity contribution is 6.06. The third kappa shape index (κ3) is 4.99. The van der Waals surface area contributed by atoms with Crippen LogP contribution in [0.2, 0.25) is 0 Å². The van der Waals surface area contributed by atoms with E-state index in [9.17, 15) is 14.0 Å². The number of aromatic nitrogens is 1. The van der Waals surface area contributed by atoms with E-state index in [4.69, 9.17) is 0 Å². The molecule has 6 nitrogen and oxygen atoms in total. The van der Waals surface area contributed by atoms with Crippen LogP contribution >= 0.6 is 0 Å². The molecule has 0 atom stereocenters. The Morgan fingerprint density at radius 3 is 2.70 bits per heavy atom. The van der Waals surface area contributed by atoms with Crippen LogP contribution in [-0.4, -0.2) is 22.5 Å². The van der Waals surface area contributed by atoms with E-state index >= 15 is 0 Å². The Morgan fingerprint density at radius 2 is 2.00 bits per heavy atom. The normalized spacial score (nSPS) is 11.0. The molecule has 2 N–H and O–H groups in total. The number of halogens is 1. The third-order valence-corrected chi connectivity index (χ3v) is 2.83. The van der Waals surface area contributed by atoms with Gasteiger partial charge in [0, 0.05) is 11.9 Å². The second-order valence-corrected chi connectivity index (χ2v) is 4.73. The second kappa shape index (κ2) is 7.79. The van der Waals surface area contributed by atoms with Crippen LogP contribution in [0, 0.1) is 5.82 Å². The summed E-state index contributed by atoms with van der Waals surface area (Å²) in [7, 11) is 0. The first-order valence-corrected chi connectivity index (χ1v) is 6.84. The molecular weight excluding hydrogens is 299 g/mol. The van der Waals surface area contributed by atoms with Crippen molar-refractivity contribution < 1.29 is 14.0 Å². The quantitative estimate of drug-likeness (QED) is 0.656. The van der Waals surface area contributed by atoms with Gasteiger partial charge in [0.25, 0.3) is 5.91 Å². The van der Waals surface area contributed by atoms with Crippen molar-refractivity contribution in [3.8, 4) is 0 Å². The number of hydrogen-bond acceptors (Lipinski definition) is 4. The fourth-order valence-corrected chi connectivity index (χ4v) is 1.77. The van der Waals surface area contributed by atoms with Crippen LogP contribution in [0.4, 0.5) is 10.1 Å². The number of nitrogens with zero attached hydrogens (tertiary/aromatic N) is 2. The predicted octanol–water partition coefficient (Wildman–Crippen LogP) is 2.36. The summed E-state index contributed by atoms with van der Waals surface area (Å²) in [6.07, 6.45) is 3.11. The molecule has 0 radical (unpaired) electrons. The highest BCUT2D eigenvalue weighted by Gasteiger charge is 2.10. The van der Waals surface area contributed by atoms with E-state index in [0.717, 1.165) is 0 Å². The number of benzene rings is 1. The molecule has 0 spiro atoms. The van der Waals surface area contributed by atoms with Gasteiger partial charge in [-0.05, 0) is 31.2 Å². The Kier molecular flexibility index (Phi) is 5.51. The summed E-state index contributed by atoms with van der Waals surface area (Å²) in [4.78, 5) is 27.5. The largest absolute Gasteiger partial charge is 0.324 e. The van der Waals surface area contributed by atoms with E-state index in [1.54, 1.807) is 31.3 Å². The number of carbonyl (C=O) groups excluding carboxylic acids is 2. The lowest BCUT2D eigenvalue weighted by Gasteiger charge is -2.05. The molecule has 2 amide bonds. The maximum Gasteiger partial charge on any atom is 0.274 e. The van der Waals surface area contributed by atoms with E-state index in [0.29, 0.717) is 11.4 Å². The van der Waals surface area contributed by atoms with Crippen molar-refractivity contribution >= 4 is 23.2 Å². The fourth-order valence-electron chi connectivity index (χ4n) is 1.77. The third-order valence-electron chi connectivity index (χ3n) is 2.83. The Balaban J connectivity index is 1.89. The summed E-state index contributed by atoms with van der Waals surface area (Å²) in [6.45, 7) is 1.59. The Labute approximate surface area is 132 Å². The van der Waals surface area contributed by atoms with Crippen LogP contribution in [0.15, 0.2) is 53.9 Å². The molecule has 0 saturated heterocycles. The summed E-state index contributed by atoms with van der Waals surface area (Å²) >= 11 is 0. The number of pyridine rings is 1. The second-order valence-electron chi connectivity index (χ2n) is 4.73. The van der Waals surface area contributed by atoms with Crippen LogP contribution in [0.3, 0.4) is 0 Å². The van der Waals surface area contributed by atoms with Gasteiger partial charge in [-0.2, -0.15) is 5.10 Å². The number of anilines is 1. The molecule has 1 aromatic carbocycles. The number of nitrogens with one attached hydrogen (secondary N) is 2. The van der Waals surface area contributed by atoms with Crippen molar-refractivity contribution in [1.29, 1.82) is 0 Å². The summed E-state index contributed by atoms with van der Waals surface area (Å²) in [5.74, 6) is -1.60. The minimum atomic E-state index is -0.671. The minimum absolute atomic E-state index is 0.00749. The lowest BCUT2D eigenvalue weighted by atomic mass is 10.2. The van der Waals surface area contributed by atoms with E-state index in [1.807, 2.05) is 0 Å². The fraction of sp³-hybridized carbons (Fsp3) is 0.125. The molecule has 0 bridgehead atoms. The topological polar surface area (TPSA) is 83.4 Å². The average Bonchev–Trinajstić information content (AvgIpc) is 2.54. The number of amides is 2. The number of rotatable bonds is 5. The van der Waals surface area contributed by atoms with E-state index in [1.165, 1.54) is 24.4 Å². The van der Waals surface area contributed by atoms with Gasteiger partial charge in [0.2, 0.25) is 5.91 Å². The van der Waals surface area contributed by atoms with Crippen molar-refractivity contribution in [2.24, 2.45) is 5.10 Å². The predicted molar refractivity (Wildman–Crippen MR) is 84.5 cm³/mol. The molecule has 7 heteroatoms. The zero-order valence-electron chi connectivity index (χ0n) is 12.4. The molecule has 0 fully saturated rings. The Hall–Kier alpha value is -3.09. The van der Waals surface area contributed by atoms with Crippen molar-refractivity contribution in [1.82, 2.24) is 10.4 Å². The Morgan fingerprint density at radius 1 is 1.22 bits per heavy atom. The van der Waals surface area contributed by atoms with Gasteiger partial charge >= 0.3 is 0 Å². The molecule has 0 aliphatic heterocycles. The summed E-state index contributed by atoms with van der Waals surface area (Å²) < 4.78 is 13.4. The number of hydrogen-bond donors (Lipinski definition) is 2. The highest BCUT2D eigenvalue weighted by Crippen LogP contribution is 2.06. The molecule has 2 rings (SSSR count). The number of carbonyl (C=O) groups is 2. The van der Waals surface area contributed by atoms with Gasteiger partial charge in [0.15, 0.2) is 0 Å². The van der Waals surface area contributed by atoms with Crippen molar-refractivity contribution in [2.75, 3.05) is 5.32 Å². The SMILES string of the molecule is C/C(CC(=O)Nc1cccnc1)=N\NC(=O)c1ccccc1F. The smallest absolute Gasteiger partial charge is 0.274 e. The first kappa shape index (κ1) is 16.3. The first-order chi connectivity index (χ1) is 11.1. The zero-order valence-corrected chi connectivity index (χ0v) is 12.4. The van der Waals surface area contributed by atoms with Crippen LogP contribution < -0.4 is 10.7 Å². The molecule has 23 heavy (non-hydrogen) atoms. The van der Waals surface area contributed by atoms with E-state index < -0.39 is 11.7 Å². The van der Waals surface area contributed by atoms with Crippen LogP contribution in [-0.2, 0) is 4.79 Å². The van der Waals surface area contributed by atoms with Gasteiger partial charge < -0.3 is 5.32 Å². The van der Waals surface area contributed by atoms with E-state index in [-0.39, 0.29) is 17.9 Å². The molecule has 0 saturated carbocycles. The van der Waals surface area contributed by atoms with Crippen LogP contribution in [0.5, 0.6) is 0 Å². The molecule has 118 valence electrons. The van der Waals surface area contributed by atoms with Gasteiger partial charge in [0.1, 0.15) is 5.82 Å². The summed E-state index contributed by atoms with van der Waals surface area (Å²) in [5, 5.41) is 6.44. The maximum absolute atomic E-state index is 13.4. The highest BCUT2D eigenvalue weighted by atomic mass is 19.1. The summed E-state index contributed by atoms with van der Waals surface area (Å²) in [5.41, 5.74) is 3.07. The monoisotopic (exact) mass is 314 g/mol. The molecule has 1 heterocycles. The van der Waals surface area contributed by atoms with Crippen molar-refractivity contribution in [3.05, 3.63) is 60.2 Å². The molecular formula is C16H15FN4O2. The minimum Gasteiger partial charge on any atom is -0.324 e. The molecule has 0 aliphatic rings. The van der Waals surface area contributed by atoms with Crippen molar-refractivity contribution in [2.45, 2.75) is 13.3 Å². The molecule has 1 aromatic heterocycles. The van der Waals surface area contributed by atoms with Gasteiger partial charge in [-0.25, -0.2) is 9.82 Å². The first-order valence-electron chi connectivity index (χ1n) is 6.84. The van der Waals surface area contributed by atoms with Gasteiger partial charge in [-0.1, -0.05) is 12.1 Å². The number of hydrazone groups is 1. The van der Waals surface area contributed by atoms with E-state index in [2.05, 4.69) is 20.8 Å². The van der Waals surface area contributed by atoms with Gasteiger partial charge in [-0.3, -0.25) is 14.6 Å². The van der Waals surface area contributed by atoms with Gasteiger partial charge in [0.05, 0.1) is 23.9 Å². The van der Waals surface area contributed by atoms with Crippen LogP contribution in [0.1, 0.15) is 23.7 Å². The maximum atomic E-state index is 13.4. The van der Waals surface area contributed by atoms with Crippen molar-refractivity contribution in [3.63, 3.8) is 0 Å². The molecule has 0 unspecified atom stereocenters. The Bertz CT molecular complexity index is 732. The van der Waals surface area contributed by atoms with Crippen LogP contribution in [0.25, 0.3) is 0 Å². The molecule has 0 aliphatic carbocycles. The zero-order chi connectivity index (χ0) is 16.7. The summed E-state index contributed by atoms with van der Waals surface area (Å²) in [6, 6.07) is 8.99. The standard InChI is InChI=1S/C16H15FN4O2/c1-11(9-15(22)19-12-5-4-8-18-10-12)20-21-16(23)13-6-2-3-7-14(13)17/h2-8,10H,9H2,1H3,(H,19,22)(H,21,23)/b20-11+. The average molecular weight is 314 g/mol. The lowest BCUT2D eigenvalue weighted by Crippen LogP contribution is -2.22.